The molecule has 1 amide bonds. The molecule has 9 heteroatoms. The zero-order valence-corrected chi connectivity index (χ0v) is 15.4. The van der Waals surface area contributed by atoms with E-state index in [1.807, 2.05) is 12.5 Å². The van der Waals surface area contributed by atoms with Gasteiger partial charge in [-0.15, -0.1) is 0 Å². The molecule has 0 aliphatic carbocycles. The highest BCUT2D eigenvalue weighted by atomic mass is 32.2. The highest BCUT2D eigenvalue weighted by Gasteiger charge is 2.26. The van der Waals surface area contributed by atoms with Crippen molar-refractivity contribution < 1.29 is 18.3 Å². The van der Waals surface area contributed by atoms with E-state index in [0.29, 0.717) is 12.2 Å². The number of hydrogen-bond acceptors (Lipinski definition) is 6. The first-order valence-electron chi connectivity index (χ1n) is 6.74. The molecular weight excluding hydrogens is 332 g/mol. The standard InChI is InChI=1S/C12H26N2O4S3/c1-5-21(17,18)14-10(6-7-19-3)12(16)13-9(2)11(8-15)20-4/h9-11,14-15H,5-8H2,1-4H3,(H,13,16). The van der Waals surface area contributed by atoms with Gasteiger partial charge in [-0.1, -0.05) is 0 Å². The van der Waals surface area contributed by atoms with Gasteiger partial charge in [0.2, 0.25) is 15.9 Å². The molecule has 0 aromatic carbocycles. The first kappa shape index (κ1) is 21.0. The summed E-state index contributed by atoms with van der Waals surface area (Å²) in [5.41, 5.74) is 0. The molecule has 0 radical (unpaired) electrons. The molecule has 0 saturated carbocycles. The van der Waals surface area contributed by atoms with E-state index in [0.717, 1.165) is 0 Å². The first-order chi connectivity index (χ1) is 9.81. The molecule has 0 saturated heterocycles. The smallest absolute Gasteiger partial charge is 0.238 e. The second kappa shape index (κ2) is 10.7. The fourth-order valence-electron chi connectivity index (χ4n) is 1.63. The zero-order chi connectivity index (χ0) is 16.5. The summed E-state index contributed by atoms with van der Waals surface area (Å²) in [6.07, 6.45) is 4.19. The molecule has 0 aliphatic rings. The molecule has 0 aromatic rings. The number of rotatable bonds is 11. The molecule has 0 spiro atoms. The van der Waals surface area contributed by atoms with Crippen LogP contribution in [-0.4, -0.2) is 67.4 Å². The number of hydrogen-bond donors (Lipinski definition) is 3. The normalized spacial score (nSPS) is 16.2. The van der Waals surface area contributed by atoms with Gasteiger partial charge in [0.1, 0.15) is 6.04 Å². The summed E-state index contributed by atoms with van der Waals surface area (Å²) in [6.45, 7) is 3.29. The van der Waals surface area contributed by atoms with Gasteiger partial charge in [-0.3, -0.25) is 4.79 Å². The van der Waals surface area contributed by atoms with Crippen LogP contribution in [0.4, 0.5) is 0 Å². The zero-order valence-electron chi connectivity index (χ0n) is 13.0. The van der Waals surface area contributed by atoms with Crippen LogP contribution in [-0.2, 0) is 14.8 Å². The van der Waals surface area contributed by atoms with Crippen LogP contribution in [0.3, 0.4) is 0 Å². The van der Waals surface area contributed by atoms with Crippen molar-refractivity contribution in [1.82, 2.24) is 10.0 Å². The highest BCUT2D eigenvalue weighted by molar-refractivity contribution is 7.99. The highest BCUT2D eigenvalue weighted by Crippen LogP contribution is 2.11. The number of aliphatic hydroxyl groups excluding tert-OH is 1. The van der Waals surface area contributed by atoms with Crippen LogP contribution in [0.15, 0.2) is 0 Å². The minimum atomic E-state index is -3.44. The van der Waals surface area contributed by atoms with Gasteiger partial charge in [0.15, 0.2) is 0 Å². The van der Waals surface area contributed by atoms with E-state index in [9.17, 15) is 18.3 Å². The fraction of sp³-hybridized carbons (Fsp3) is 0.917. The molecule has 0 fully saturated rings. The maximum absolute atomic E-state index is 12.3. The average Bonchev–Trinajstić information content (AvgIpc) is 2.44. The third-order valence-corrected chi connectivity index (χ3v) is 6.25. The van der Waals surface area contributed by atoms with Gasteiger partial charge in [0.05, 0.1) is 12.4 Å². The molecule has 3 unspecified atom stereocenters. The third kappa shape index (κ3) is 8.29. The van der Waals surface area contributed by atoms with E-state index >= 15 is 0 Å². The molecule has 21 heavy (non-hydrogen) atoms. The van der Waals surface area contributed by atoms with Crippen LogP contribution in [0.5, 0.6) is 0 Å². The lowest BCUT2D eigenvalue weighted by Gasteiger charge is -2.24. The van der Waals surface area contributed by atoms with Crippen LogP contribution in [0.1, 0.15) is 20.3 Å². The minimum Gasteiger partial charge on any atom is -0.395 e. The Morgan fingerprint density at radius 3 is 2.38 bits per heavy atom. The third-order valence-electron chi connectivity index (χ3n) is 3.04. The van der Waals surface area contributed by atoms with E-state index in [1.54, 1.807) is 18.7 Å². The van der Waals surface area contributed by atoms with Crippen molar-refractivity contribution in [2.75, 3.05) is 30.6 Å². The van der Waals surface area contributed by atoms with Gasteiger partial charge in [-0.2, -0.15) is 23.5 Å². The number of thioether (sulfide) groups is 2. The Hall–Kier alpha value is 0.0400. The van der Waals surface area contributed by atoms with Crippen molar-refractivity contribution >= 4 is 39.5 Å². The van der Waals surface area contributed by atoms with E-state index < -0.39 is 16.1 Å². The summed E-state index contributed by atoms with van der Waals surface area (Å²) in [5, 5.41) is 11.9. The van der Waals surface area contributed by atoms with Crippen molar-refractivity contribution in [2.24, 2.45) is 0 Å². The van der Waals surface area contributed by atoms with Gasteiger partial charge in [0.25, 0.3) is 0 Å². The van der Waals surface area contributed by atoms with Gasteiger partial charge in [0, 0.05) is 11.3 Å². The SMILES string of the molecule is CCS(=O)(=O)NC(CCSC)C(=O)NC(C)C(CO)SC. The van der Waals surface area contributed by atoms with Gasteiger partial charge < -0.3 is 10.4 Å². The Kier molecular flexibility index (Phi) is 10.7. The monoisotopic (exact) mass is 358 g/mol. The molecule has 6 nitrogen and oxygen atoms in total. The second-order valence-corrected chi connectivity index (χ2v) is 8.71. The van der Waals surface area contributed by atoms with E-state index in [-0.39, 0.29) is 29.6 Å². The fourth-order valence-corrected chi connectivity index (χ4v) is 3.56. The second-order valence-electron chi connectivity index (χ2n) is 4.61. The number of aliphatic hydroxyl groups is 1. The molecule has 0 aromatic heterocycles. The number of carbonyl (C=O) groups excluding carboxylic acids is 1. The van der Waals surface area contributed by atoms with E-state index in [1.165, 1.54) is 18.7 Å². The van der Waals surface area contributed by atoms with Crippen molar-refractivity contribution in [1.29, 1.82) is 0 Å². The summed E-state index contributed by atoms with van der Waals surface area (Å²) in [7, 11) is -3.44. The van der Waals surface area contributed by atoms with Gasteiger partial charge in [-0.25, -0.2) is 13.1 Å². The van der Waals surface area contributed by atoms with Crippen molar-refractivity contribution in [3.63, 3.8) is 0 Å². The van der Waals surface area contributed by atoms with Crippen LogP contribution >= 0.6 is 23.5 Å². The molecular formula is C12H26N2O4S3. The number of nitrogens with one attached hydrogen (secondary N) is 2. The maximum atomic E-state index is 12.3. The van der Waals surface area contributed by atoms with Crippen molar-refractivity contribution in [3.05, 3.63) is 0 Å². The van der Waals surface area contributed by atoms with Crippen LogP contribution in [0.2, 0.25) is 0 Å². The lowest BCUT2D eigenvalue weighted by molar-refractivity contribution is -0.123. The summed E-state index contributed by atoms with van der Waals surface area (Å²) in [6, 6.07) is -1.01. The average molecular weight is 359 g/mol. The Bertz CT molecular complexity index is 399. The molecule has 0 bridgehead atoms. The molecule has 0 rings (SSSR count). The number of carbonyl (C=O) groups is 1. The molecule has 0 heterocycles. The molecule has 3 N–H and O–H groups in total. The van der Waals surface area contributed by atoms with Crippen LogP contribution in [0.25, 0.3) is 0 Å². The van der Waals surface area contributed by atoms with Crippen LogP contribution in [0, 0.1) is 0 Å². The van der Waals surface area contributed by atoms with Crippen LogP contribution < -0.4 is 10.0 Å². The summed E-state index contributed by atoms with van der Waals surface area (Å²) in [4.78, 5) is 12.3. The lowest BCUT2D eigenvalue weighted by atomic mass is 10.2. The van der Waals surface area contributed by atoms with E-state index in [2.05, 4.69) is 10.0 Å². The van der Waals surface area contributed by atoms with Gasteiger partial charge in [-0.05, 0) is 38.5 Å². The molecule has 126 valence electrons. The molecule has 3 atom stereocenters. The first-order valence-corrected chi connectivity index (χ1v) is 11.1. The Labute approximate surface area is 136 Å². The quantitative estimate of drug-likeness (QED) is 0.491. The maximum Gasteiger partial charge on any atom is 0.238 e. The summed E-state index contributed by atoms with van der Waals surface area (Å²) >= 11 is 3.02. The van der Waals surface area contributed by atoms with E-state index in [4.69, 9.17) is 0 Å². The topological polar surface area (TPSA) is 95.5 Å². The van der Waals surface area contributed by atoms with Crippen molar-refractivity contribution in [2.45, 2.75) is 37.6 Å². The Balaban J connectivity index is 4.79. The number of amides is 1. The lowest BCUT2D eigenvalue weighted by Crippen LogP contribution is -2.52. The minimum absolute atomic E-state index is 0.0429. The summed E-state index contributed by atoms with van der Waals surface area (Å²) < 4.78 is 25.8. The molecule has 0 aliphatic heterocycles. The predicted molar refractivity (Wildman–Crippen MR) is 91.4 cm³/mol. The summed E-state index contributed by atoms with van der Waals surface area (Å²) in [5.74, 6) is 0.279. The largest absolute Gasteiger partial charge is 0.395 e. The van der Waals surface area contributed by atoms with Gasteiger partial charge >= 0.3 is 0 Å². The Morgan fingerprint density at radius 1 is 1.33 bits per heavy atom. The number of sulfonamides is 1. The Morgan fingerprint density at radius 2 is 1.95 bits per heavy atom. The predicted octanol–water partition coefficient (Wildman–Crippen LogP) is 0.276. The van der Waals surface area contributed by atoms with Crippen molar-refractivity contribution in [3.8, 4) is 0 Å².